The lowest BCUT2D eigenvalue weighted by molar-refractivity contribution is -0.123. The Bertz CT molecular complexity index is 132. The maximum atomic E-state index is 11.0. The Morgan fingerprint density at radius 3 is 2.33 bits per heavy atom. The van der Waals surface area contributed by atoms with E-state index in [1.165, 1.54) is 12.0 Å². The molecular formula is C9H20O2S. The topological polar surface area (TPSA) is 26.3 Å². The van der Waals surface area contributed by atoms with E-state index in [-0.39, 0.29) is 18.6 Å². The number of ketones is 1. The molecule has 0 aliphatic rings. The summed E-state index contributed by atoms with van der Waals surface area (Å²) in [5.41, 5.74) is -0.250. The van der Waals surface area contributed by atoms with Crippen molar-refractivity contribution in [2.45, 2.75) is 35.1 Å². The Morgan fingerprint density at radius 1 is 1.50 bits per heavy atom. The minimum atomic E-state index is -0.250. The minimum absolute atomic E-state index is 0. The molecule has 0 amide bonds. The van der Waals surface area contributed by atoms with Gasteiger partial charge in [0, 0.05) is 11.2 Å². The van der Waals surface area contributed by atoms with Crippen LogP contribution in [0.2, 0.25) is 0 Å². The maximum absolute atomic E-state index is 11.0. The van der Waals surface area contributed by atoms with Gasteiger partial charge in [-0.25, -0.2) is 0 Å². The molecule has 74 valence electrons. The van der Waals surface area contributed by atoms with Crippen molar-refractivity contribution in [2.24, 2.45) is 5.41 Å². The molecule has 0 radical (unpaired) electrons. The highest BCUT2D eigenvalue weighted by Crippen LogP contribution is 2.22. The molecule has 0 spiro atoms. The molecule has 0 aromatic rings. The maximum Gasteiger partial charge on any atom is 0.136 e. The minimum Gasteiger partial charge on any atom is -0.316 e. The second-order valence-corrected chi connectivity index (χ2v) is 3.87. The van der Waals surface area contributed by atoms with E-state index in [1.807, 2.05) is 20.8 Å². The van der Waals surface area contributed by atoms with Crippen LogP contribution in [0.5, 0.6) is 0 Å². The largest absolute Gasteiger partial charge is 0.316 e. The zero-order valence-corrected chi connectivity index (χ0v) is 8.46. The van der Waals surface area contributed by atoms with Crippen LogP contribution in [0.4, 0.5) is 0 Å². The SMILES string of the molecule is C.CCOSCC(C)(C)C(C)=O. The molecular weight excluding hydrogens is 172 g/mol. The lowest BCUT2D eigenvalue weighted by atomic mass is 9.92. The van der Waals surface area contributed by atoms with Crippen molar-refractivity contribution in [3.05, 3.63) is 0 Å². The predicted molar refractivity (Wildman–Crippen MR) is 55.3 cm³/mol. The van der Waals surface area contributed by atoms with E-state index in [4.69, 9.17) is 4.18 Å². The van der Waals surface area contributed by atoms with Crippen LogP contribution < -0.4 is 0 Å². The van der Waals surface area contributed by atoms with Gasteiger partial charge in [-0.15, -0.1) is 0 Å². The summed E-state index contributed by atoms with van der Waals surface area (Å²) in [6, 6.07) is 0. The average molecular weight is 192 g/mol. The van der Waals surface area contributed by atoms with Gasteiger partial charge < -0.3 is 4.18 Å². The summed E-state index contributed by atoms with van der Waals surface area (Å²) in [6.07, 6.45) is 0. The standard InChI is InChI=1S/C8H16O2S.CH4/c1-5-10-11-6-8(3,4)7(2)9;/h5-6H2,1-4H3;1H4. The van der Waals surface area contributed by atoms with Gasteiger partial charge in [-0.1, -0.05) is 21.3 Å². The van der Waals surface area contributed by atoms with E-state index in [2.05, 4.69) is 0 Å². The van der Waals surface area contributed by atoms with Gasteiger partial charge in [-0.3, -0.25) is 4.79 Å². The van der Waals surface area contributed by atoms with Crippen molar-refractivity contribution in [3.8, 4) is 0 Å². The van der Waals surface area contributed by atoms with E-state index in [0.29, 0.717) is 6.61 Å². The molecule has 0 aromatic heterocycles. The van der Waals surface area contributed by atoms with Crippen LogP contribution in [0.15, 0.2) is 0 Å². The van der Waals surface area contributed by atoms with Crippen LogP contribution in [0.25, 0.3) is 0 Å². The number of rotatable bonds is 5. The van der Waals surface area contributed by atoms with Crippen LogP contribution >= 0.6 is 12.0 Å². The zero-order chi connectivity index (χ0) is 8.91. The third-order valence-corrected chi connectivity index (χ3v) is 2.82. The van der Waals surface area contributed by atoms with E-state index >= 15 is 0 Å². The number of carbonyl (C=O) groups is 1. The van der Waals surface area contributed by atoms with Crippen molar-refractivity contribution in [1.29, 1.82) is 0 Å². The van der Waals surface area contributed by atoms with Crippen LogP contribution in [-0.4, -0.2) is 18.1 Å². The summed E-state index contributed by atoms with van der Waals surface area (Å²) in [5, 5.41) is 0. The monoisotopic (exact) mass is 192 g/mol. The molecule has 0 atom stereocenters. The van der Waals surface area contributed by atoms with Crippen molar-refractivity contribution in [2.75, 3.05) is 12.4 Å². The summed E-state index contributed by atoms with van der Waals surface area (Å²) in [4.78, 5) is 11.0. The van der Waals surface area contributed by atoms with E-state index in [0.717, 1.165) is 5.75 Å². The van der Waals surface area contributed by atoms with Crippen molar-refractivity contribution < 1.29 is 8.98 Å². The first-order valence-electron chi connectivity index (χ1n) is 3.76. The Kier molecular flexibility index (Phi) is 7.84. The first-order chi connectivity index (χ1) is 5.00. The molecule has 0 aliphatic carbocycles. The number of hydrogen-bond donors (Lipinski definition) is 0. The second-order valence-electron chi connectivity index (χ2n) is 3.11. The molecule has 0 aliphatic heterocycles. The molecule has 3 heteroatoms. The molecule has 2 nitrogen and oxygen atoms in total. The fraction of sp³-hybridized carbons (Fsp3) is 0.889. The van der Waals surface area contributed by atoms with Crippen molar-refractivity contribution >= 4 is 17.8 Å². The highest BCUT2D eigenvalue weighted by Gasteiger charge is 2.23. The Balaban J connectivity index is 0. The smallest absolute Gasteiger partial charge is 0.136 e. The number of carbonyl (C=O) groups excluding carboxylic acids is 1. The van der Waals surface area contributed by atoms with Gasteiger partial charge in [-0.05, 0) is 25.9 Å². The Labute approximate surface area is 80.3 Å². The molecule has 12 heavy (non-hydrogen) atoms. The molecule has 0 saturated carbocycles. The van der Waals surface area contributed by atoms with Crippen LogP contribution in [0.1, 0.15) is 35.1 Å². The normalized spacial score (nSPS) is 10.7. The quantitative estimate of drug-likeness (QED) is 0.495. The summed E-state index contributed by atoms with van der Waals surface area (Å²) in [7, 11) is 0. The highest BCUT2D eigenvalue weighted by atomic mass is 32.2. The first-order valence-corrected chi connectivity index (χ1v) is 4.67. The zero-order valence-electron chi connectivity index (χ0n) is 7.64. The highest BCUT2D eigenvalue weighted by molar-refractivity contribution is 7.94. The molecule has 0 unspecified atom stereocenters. The fourth-order valence-corrected chi connectivity index (χ4v) is 1.12. The molecule has 0 heterocycles. The van der Waals surface area contributed by atoms with E-state index < -0.39 is 0 Å². The number of hydrogen-bond acceptors (Lipinski definition) is 3. The molecule has 0 fully saturated rings. The van der Waals surface area contributed by atoms with Gasteiger partial charge in [0.15, 0.2) is 0 Å². The van der Waals surface area contributed by atoms with Gasteiger partial charge in [0.2, 0.25) is 0 Å². The van der Waals surface area contributed by atoms with E-state index in [9.17, 15) is 4.79 Å². The van der Waals surface area contributed by atoms with Crippen LogP contribution in [0.3, 0.4) is 0 Å². The first kappa shape index (κ1) is 14.5. The third-order valence-electron chi connectivity index (χ3n) is 1.57. The lowest BCUT2D eigenvalue weighted by Crippen LogP contribution is -2.24. The van der Waals surface area contributed by atoms with Gasteiger partial charge in [0.25, 0.3) is 0 Å². The van der Waals surface area contributed by atoms with Crippen LogP contribution in [0, 0.1) is 5.41 Å². The molecule has 0 rings (SSSR count). The van der Waals surface area contributed by atoms with Crippen LogP contribution in [-0.2, 0) is 8.98 Å². The fourth-order valence-electron chi connectivity index (χ4n) is 0.374. The van der Waals surface area contributed by atoms with Crippen molar-refractivity contribution in [3.63, 3.8) is 0 Å². The van der Waals surface area contributed by atoms with Gasteiger partial charge >= 0.3 is 0 Å². The molecule has 0 N–H and O–H groups in total. The molecule has 0 saturated heterocycles. The summed E-state index contributed by atoms with van der Waals surface area (Å²) >= 11 is 1.37. The van der Waals surface area contributed by atoms with Crippen molar-refractivity contribution in [1.82, 2.24) is 0 Å². The van der Waals surface area contributed by atoms with E-state index in [1.54, 1.807) is 6.92 Å². The summed E-state index contributed by atoms with van der Waals surface area (Å²) < 4.78 is 5.08. The Morgan fingerprint density at radius 2 is 2.00 bits per heavy atom. The summed E-state index contributed by atoms with van der Waals surface area (Å²) in [6.45, 7) is 8.11. The van der Waals surface area contributed by atoms with Gasteiger partial charge in [0.05, 0.1) is 6.61 Å². The number of Topliss-reactive ketones (excluding diaryl/α,β-unsaturated/α-hetero) is 1. The second kappa shape index (κ2) is 6.49. The van der Waals surface area contributed by atoms with Gasteiger partial charge in [0.1, 0.15) is 5.78 Å². The molecule has 0 aromatic carbocycles. The van der Waals surface area contributed by atoms with Gasteiger partial charge in [-0.2, -0.15) is 0 Å². The lowest BCUT2D eigenvalue weighted by Gasteiger charge is -2.19. The Hall–Kier alpha value is -0.0200. The predicted octanol–water partition coefficient (Wildman–Crippen LogP) is 2.92. The summed E-state index contributed by atoms with van der Waals surface area (Å²) in [5.74, 6) is 0.945. The average Bonchev–Trinajstić information content (AvgIpc) is 1.88. The molecule has 0 bridgehead atoms. The third kappa shape index (κ3) is 5.61.